The third-order valence-electron chi connectivity index (χ3n) is 3.98. The lowest BCUT2D eigenvalue weighted by molar-refractivity contribution is 0.0504. The molecule has 0 unspecified atom stereocenters. The highest BCUT2D eigenvalue weighted by atomic mass is 16.5. The second-order valence-electron chi connectivity index (χ2n) is 7.60. The van der Waals surface area contributed by atoms with Crippen molar-refractivity contribution in [2.75, 3.05) is 13.2 Å². The summed E-state index contributed by atoms with van der Waals surface area (Å²) in [6.45, 7) is 11.0. The summed E-state index contributed by atoms with van der Waals surface area (Å²) in [5.41, 5.74) is -0.170. The summed E-state index contributed by atoms with van der Waals surface area (Å²) in [5.74, 6) is -0.0811. The van der Waals surface area contributed by atoms with Crippen molar-refractivity contribution >= 4 is 16.7 Å². The Labute approximate surface area is 154 Å². The maximum Gasteiger partial charge on any atom is 0.358 e. The minimum absolute atomic E-state index is 0.186. The van der Waals surface area contributed by atoms with Crippen LogP contribution in [0.3, 0.4) is 0 Å². The van der Waals surface area contributed by atoms with Gasteiger partial charge in [0.1, 0.15) is 0 Å². The number of esters is 1. The van der Waals surface area contributed by atoms with Crippen LogP contribution in [0.2, 0.25) is 0 Å². The highest BCUT2D eigenvalue weighted by Crippen LogP contribution is 2.30. The molecule has 0 saturated carbocycles. The van der Waals surface area contributed by atoms with E-state index in [9.17, 15) is 9.59 Å². The molecule has 5 heteroatoms. The lowest BCUT2D eigenvalue weighted by Gasteiger charge is -2.24. The molecule has 0 radical (unpaired) electrons. The highest BCUT2D eigenvalue weighted by Gasteiger charge is 2.27. The van der Waals surface area contributed by atoms with Crippen LogP contribution < -0.4 is 10.3 Å². The largest absolute Gasteiger partial charge is 0.490 e. The molecule has 0 saturated heterocycles. The van der Waals surface area contributed by atoms with Crippen molar-refractivity contribution in [3.8, 4) is 5.75 Å². The number of fused-ring (bicyclic) bond motifs is 1. The average molecular weight is 359 g/mol. The van der Waals surface area contributed by atoms with Crippen LogP contribution in [0.1, 0.15) is 57.9 Å². The van der Waals surface area contributed by atoms with Crippen LogP contribution in [0, 0.1) is 5.41 Å². The summed E-state index contributed by atoms with van der Waals surface area (Å²) < 4.78 is 12.8. The van der Waals surface area contributed by atoms with Crippen LogP contribution >= 0.6 is 0 Å². The third kappa shape index (κ3) is 4.45. The third-order valence-corrected chi connectivity index (χ3v) is 3.98. The van der Waals surface area contributed by atoms with Gasteiger partial charge in [-0.05, 0) is 24.8 Å². The Morgan fingerprint density at radius 3 is 2.35 bits per heavy atom. The molecule has 5 nitrogen and oxygen atoms in total. The second kappa shape index (κ2) is 8.39. The number of hydrogen-bond donors (Lipinski definition) is 0. The molecule has 0 aliphatic heterocycles. The van der Waals surface area contributed by atoms with Crippen molar-refractivity contribution in [3.63, 3.8) is 0 Å². The van der Waals surface area contributed by atoms with E-state index in [2.05, 4.69) is 6.92 Å². The minimum Gasteiger partial charge on any atom is -0.490 e. The van der Waals surface area contributed by atoms with E-state index >= 15 is 0 Å². The molecular formula is C21H29NO4. The molecule has 142 valence electrons. The Hall–Kier alpha value is -2.30. The molecule has 0 fully saturated rings. The van der Waals surface area contributed by atoms with Gasteiger partial charge in [-0.2, -0.15) is 0 Å². The van der Waals surface area contributed by atoms with Gasteiger partial charge in [-0.25, -0.2) is 4.79 Å². The van der Waals surface area contributed by atoms with E-state index in [-0.39, 0.29) is 23.3 Å². The predicted octanol–water partition coefficient (Wildman–Crippen LogP) is 4.40. The van der Waals surface area contributed by atoms with Gasteiger partial charge in [-0.3, -0.25) is 9.36 Å². The van der Waals surface area contributed by atoms with E-state index in [1.807, 2.05) is 39.0 Å². The maximum absolute atomic E-state index is 13.1. The van der Waals surface area contributed by atoms with Crippen LogP contribution in [0.5, 0.6) is 5.75 Å². The molecule has 1 aromatic carbocycles. The van der Waals surface area contributed by atoms with Gasteiger partial charge < -0.3 is 9.47 Å². The normalized spacial score (nSPS) is 11.6. The van der Waals surface area contributed by atoms with E-state index in [4.69, 9.17) is 9.47 Å². The fourth-order valence-corrected chi connectivity index (χ4v) is 2.86. The molecule has 2 aromatic rings. The summed E-state index contributed by atoms with van der Waals surface area (Å²) in [4.78, 5) is 25.9. The highest BCUT2D eigenvalue weighted by molar-refractivity contribution is 5.99. The molecule has 0 amide bonds. The number of benzene rings is 1. The monoisotopic (exact) mass is 359 g/mol. The summed E-state index contributed by atoms with van der Waals surface area (Å²) in [6, 6.07) is 7.27. The summed E-state index contributed by atoms with van der Waals surface area (Å²) in [5, 5.41) is 1.21. The smallest absolute Gasteiger partial charge is 0.358 e. The van der Waals surface area contributed by atoms with Crippen molar-refractivity contribution in [1.82, 2.24) is 4.57 Å². The Bertz CT molecular complexity index is 830. The van der Waals surface area contributed by atoms with Crippen molar-refractivity contribution in [2.45, 2.75) is 54.0 Å². The van der Waals surface area contributed by atoms with Gasteiger partial charge in [0, 0.05) is 11.9 Å². The molecule has 0 spiro atoms. The molecule has 2 rings (SSSR count). The van der Waals surface area contributed by atoms with Crippen LogP contribution in [0.15, 0.2) is 29.1 Å². The molecule has 1 aromatic heterocycles. The molecule has 26 heavy (non-hydrogen) atoms. The van der Waals surface area contributed by atoms with Crippen LogP contribution in [0.4, 0.5) is 0 Å². The van der Waals surface area contributed by atoms with E-state index in [0.717, 1.165) is 12.8 Å². The van der Waals surface area contributed by atoms with Gasteiger partial charge in [-0.15, -0.1) is 0 Å². The van der Waals surface area contributed by atoms with Gasteiger partial charge >= 0.3 is 5.97 Å². The van der Waals surface area contributed by atoms with Gasteiger partial charge in [0.25, 0.3) is 5.56 Å². The second-order valence-corrected chi connectivity index (χ2v) is 7.60. The number of aromatic nitrogens is 1. The molecule has 0 N–H and O–H groups in total. The first-order valence-electron chi connectivity index (χ1n) is 9.25. The predicted molar refractivity (Wildman–Crippen MR) is 104 cm³/mol. The first kappa shape index (κ1) is 20.0. The molecule has 0 aliphatic rings. The average Bonchev–Trinajstić information content (AvgIpc) is 2.58. The SMILES string of the molecule is CCCCOc1c(C(=O)OCC)n(CC(C)(C)C)c(=O)c2ccccc12. The van der Waals surface area contributed by atoms with Gasteiger partial charge in [-0.1, -0.05) is 52.3 Å². The molecule has 0 bridgehead atoms. The fraction of sp³-hybridized carbons (Fsp3) is 0.524. The van der Waals surface area contributed by atoms with Crippen LogP contribution in [-0.2, 0) is 11.3 Å². The van der Waals surface area contributed by atoms with Gasteiger partial charge in [0.2, 0.25) is 0 Å². The van der Waals surface area contributed by atoms with Crippen molar-refractivity contribution in [1.29, 1.82) is 0 Å². The first-order valence-corrected chi connectivity index (χ1v) is 9.25. The van der Waals surface area contributed by atoms with E-state index in [1.54, 1.807) is 13.0 Å². The summed E-state index contributed by atoms with van der Waals surface area (Å²) >= 11 is 0. The number of unbranched alkanes of at least 4 members (excludes halogenated alkanes) is 1. The van der Waals surface area contributed by atoms with E-state index in [1.165, 1.54) is 4.57 Å². The Balaban J connectivity index is 2.79. The lowest BCUT2D eigenvalue weighted by Crippen LogP contribution is -2.32. The Kier molecular flexibility index (Phi) is 6.46. The molecule has 1 heterocycles. The first-order chi connectivity index (χ1) is 12.3. The lowest BCUT2D eigenvalue weighted by atomic mass is 9.96. The number of pyridine rings is 1. The zero-order chi connectivity index (χ0) is 19.3. The molecule has 0 aliphatic carbocycles. The quantitative estimate of drug-likeness (QED) is 0.543. The van der Waals surface area contributed by atoms with E-state index in [0.29, 0.717) is 29.7 Å². The standard InChI is InChI=1S/C21H29NO4/c1-6-8-13-26-18-15-11-9-10-12-16(15)19(23)22(14-21(3,4)5)17(18)20(24)25-7-2/h9-12H,6-8,13-14H2,1-5H3. The van der Waals surface area contributed by atoms with Crippen LogP contribution in [0.25, 0.3) is 10.8 Å². The van der Waals surface area contributed by atoms with Gasteiger partial charge in [0.15, 0.2) is 11.4 Å². The van der Waals surface area contributed by atoms with Crippen molar-refractivity contribution in [2.24, 2.45) is 5.41 Å². The Morgan fingerprint density at radius 2 is 1.77 bits per heavy atom. The zero-order valence-electron chi connectivity index (χ0n) is 16.4. The minimum atomic E-state index is -0.522. The molecular weight excluding hydrogens is 330 g/mol. The van der Waals surface area contributed by atoms with Crippen molar-refractivity contribution < 1.29 is 14.3 Å². The van der Waals surface area contributed by atoms with Gasteiger partial charge in [0.05, 0.1) is 18.6 Å². The van der Waals surface area contributed by atoms with Crippen LogP contribution in [-0.4, -0.2) is 23.8 Å². The van der Waals surface area contributed by atoms with E-state index < -0.39 is 5.97 Å². The number of hydrogen-bond acceptors (Lipinski definition) is 4. The number of ether oxygens (including phenoxy) is 2. The number of nitrogens with zero attached hydrogens (tertiary/aromatic N) is 1. The zero-order valence-corrected chi connectivity index (χ0v) is 16.4. The fourth-order valence-electron chi connectivity index (χ4n) is 2.86. The maximum atomic E-state index is 13.1. The summed E-state index contributed by atoms with van der Waals surface area (Å²) in [7, 11) is 0. The summed E-state index contributed by atoms with van der Waals surface area (Å²) in [6.07, 6.45) is 1.85. The Morgan fingerprint density at radius 1 is 1.12 bits per heavy atom. The number of carbonyl (C=O) groups excluding carboxylic acids is 1. The molecule has 0 atom stereocenters. The number of rotatable bonds is 7. The topological polar surface area (TPSA) is 57.5 Å². The number of carbonyl (C=O) groups is 1. The van der Waals surface area contributed by atoms with Crippen molar-refractivity contribution in [3.05, 3.63) is 40.3 Å².